The number of aromatic nitrogens is 3. The largest absolute Gasteiger partial charge is 0.323 e. The molecule has 0 unspecified atom stereocenters. The summed E-state index contributed by atoms with van der Waals surface area (Å²) in [5, 5.41) is 3.78. The predicted molar refractivity (Wildman–Crippen MR) is 96.9 cm³/mol. The highest BCUT2D eigenvalue weighted by Gasteiger charge is 2.11. The predicted octanol–water partition coefficient (Wildman–Crippen LogP) is 3.96. The Bertz CT molecular complexity index is 865. The smallest absolute Gasteiger partial charge is 0.234 e. The van der Waals surface area contributed by atoms with Crippen LogP contribution in [-0.4, -0.2) is 26.2 Å². The normalized spacial score (nSPS) is 10.6. The molecule has 1 amide bonds. The van der Waals surface area contributed by atoms with E-state index in [1.54, 1.807) is 24.5 Å². The van der Waals surface area contributed by atoms with Gasteiger partial charge in [-0.15, -0.1) is 0 Å². The van der Waals surface area contributed by atoms with Crippen molar-refractivity contribution in [2.45, 2.75) is 12.1 Å². The van der Waals surface area contributed by atoms with Gasteiger partial charge in [0, 0.05) is 24.3 Å². The molecule has 2 heterocycles. The summed E-state index contributed by atoms with van der Waals surface area (Å²) in [5.41, 5.74) is 2.69. The van der Waals surface area contributed by atoms with Gasteiger partial charge < -0.3 is 5.32 Å². The summed E-state index contributed by atoms with van der Waals surface area (Å²) < 4.78 is 1.96. The second kappa shape index (κ2) is 7.51. The molecule has 0 fully saturated rings. The lowest BCUT2D eigenvalue weighted by molar-refractivity contribution is -0.113. The SMILES string of the molecule is Cc1cccc(-n2ccnc2SCC(=O)Nc2cccnc2Cl)c1. The molecule has 5 nitrogen and oxygen atoms in total. The fourth-order valence-corrected chi connectivity index (χ4v) is 3.11. The first-order valence-electron chi connectivity index (χ1n) is 7.27. The number of hydrogen-bond acceptors (Lipinski definition) is 4. The van der Waals surface area contributed by atoms with Gasteiger partial charge in [0.05, 0.1) is 11.4 Å². The number of hydrogen-bond donors (Lipinski definition) is 1. The third-order valence-corrected chi connectivity index (χ3v) is 4.52. The van der Waals surface area contributed by atoms with Crippen LogP contribution in [0.2, 0.25) is 5.15 Å². The molecule has 0 saturated carbocycles. The summed E-state index contributed by atoms with van der Waals surface area (Å²) in [6, 6.07) is 11.6. The highest BCUT2D eigenvalue weighted by atomic mass is 35.5. The standard InChI is InChI=1S/C17H15ClN4OS/c1-12-4-2-5-13(10-12)22-9-8-20-17(22)24-11-15(23)21-14-6-3-7-19-16(14)18/h2-10H,11H2,1H3,(H,21,23). The van der Waals surface area contributed by atoms with Gasteiger partial charge in [-0.1, -0.05) is 35.5 Å². The van der Waals surface area contributed by atoms with E-state index in [9.17, 15) is 4.79 Å². The maximum atomic E-state index is 12.1. The van der Waals surface area contributed by atoms with Gasteiger partial charge >= 0.3 is 0 Å². The summed E-state index contributed by atoms with van der Waals surface area (Å²) in [6.45, 7) is 2.04. The summed E-state index contributed by atoms with van der Waals surface area (Å²) in [7, 11) is 0. The zero-order valence-electron chi connectivity index (χ0n) is 12.9. The van der Waals surface area contributed by atoms with E-state index in [0.717, 1.165) is 10.8 Å². The average molecular weight is 359 g/mol. The Balaban J connectivity index is 1.67. The molecule has 24 heavy (non-hydrogen) atoms. The Hall–Kier alpha value is -2.31. The van der Waals surface area contributed by atoms with Crippen molar-refractivity contribution < 1.29 is 4.79 Å². The number of nitrogens with one attached hydrogen (secondary N) is 1. The molecule has 0 aliphatic carbocycles. The van der Waals surface area contributed by atoms with Crippen LogP contribution in [0.5, 0.6) is 0 Å². The number of imidazole rings is 1. The Labute approximate surface area is 149 Å². The zero-order chi connectivity index (χ0) is 16.9. The number of aryl methyl sites for hydroxylation is 1. The molecule has 0 aliphatic rings. The van der Waals surface area contributed by atoms with Gasteiger partial charge in [-0.2, -0.15) is 0 Å². The van der Waals surface area contributed by atoms with Gasteiger partial charge in [0.15, 0.2) is 10.3 Å². The fourth-order valence-electron chi connectivity index (χ4n) is 2.17. The molecule has 7 heteroatoms. The maximum absolute atomic E-state index is 12.1. The van der Waals surface area contributed by atoms with Crippen LogP contribution in [-0.2, 0) is 4.79 Å². The minimum atomic E-state index is -0.159. The Kier molecular flexibility index (Phi) is 5.17. The molecule has 1 aromatic carbocycles. The molecular formula is C17H15ClN4OS. The van der Waals surface area contributed by atoms with Crippen LogP contribution in [0.25, 0.3) is 5.69 Å². The molecule has 3 aromatic rings. The number of carbonyl (C=O) groups is 1. The number of carbonyl (C=O) groups excluding carboxylic acids is 1. The second-order valence-corrected chi connectivity index (χ2v) is 6.40. The van der Waals surface area contributed by atoms with Crippen molar-refractivity contribution in [1.29, 1.82) is 0 Å². The number of thioether (sulfide) groups is 1. The lowest BCUT2D eigenvalue weighted by Crippen LogP contribution is -2.15. The third-order valence-electron chi connectivity index (χ3n) is 3.25. The fraction of sp³-hybridized carbons (Fsp3) is 0.118. The van der Waals surface area contributed by atoms with Crippen LogP contribution in [0, 0.1) is 6.92 Å². The van der Waals surface area contributed by atoms with E-state index in [-0.39, 0.29) is 16.8 Å². The van der Waals surface area contributed by atoms with Gasteiger partial charge in [-0.05, 0) is 36.8 Å². The van der Waals surface area contributed by atoms with Crippen molar-refractivity contribution in [2.24, 2.45) is 0 Å². The lowest BCUT2D eigenvalue weighted by atomic mass is 10.2. The van der Waals surface area contributed by atoms with E-state index in [2.05, 4.69) is 21.4 Å². The first-order valence-corrected chi connectivity index (χ1v) is 8.63. The quantitative estimate of drug-likeness (QED) is 0.554. The molecule has 0 atom stereocenters. The number of halogens is 1. The molecular weight excluding hydrogens is 344 g/mol. The van der Waals surface area contributed by atoms with Crippen molar-refractivity contribution in [1.82, 2.24) is 14.5 Å². The molecule has 0 aliphatic heterocycles. The van der Waals surface area contributed by atoms with Crippen molar-refractivity contribution in [2.75, 3.05) is 11.1 Å². The monoisotopic (exact) mass is 358 g/mol. The molecule has 122 valence electrons. The molecule has 2 aromatic heterocycles. The Morgan fingerprint density at radius 1 is 1.25 bits per heavy atom. The number of amides is 1. The molecule has 0 bridgehead atoms. The van der Waals surface area contributed by atoms with Crippen LogP contribution in [0.4, 0.5) is 5.69 Å². The van der Waals surface area contributed by atoms with Crippen molar-refractivity contribution in [3.63, 3.8) is 0 Å². The van der Waals surface area contributed by atoms with Crippen molar-refractivity contribution in [3.05, 3.63) is 65.7 Å². The van der Waals surface area contributed by atoms with E-state index < -0.39 is 0 Å². The first-order chi connectivity index (χ1) is 11.6. The second-order valence-electron chi connectivity index (χ2n) is 5.10. The van der Waals surface area contributed by atoms with Crippen LogP contribution < -0.4 is 5.32 Å². The van der Waals surface area contributed by atoms with Gasteiger partial charge in [-0.3, -0.25) is 9.36 Å². The lowest BCUT2D eigenvalue weighted by Gasteiger charge is -2.09. The van der Waals surface area contributed by atoms with Crippen molar-refractivity contribution >= 4 is 35.0 Å². The topological polar surface area (TPSA) is 59.8 Å². The molecule has 0 spiro atoms. The van der Waals surface area contributed by atoms with E-state index in [1.807, 2.05) is 35.9 Å². The Morgan fingerprint density at radius 2 is 2.12 bits per heavy atom. The van der Waals surface area contributed by atoms with Gasteiger partial charge in [0.2, 0.25) is 5.91 Å². The number of nitrogens with zero attached hydrogens (tertiary/aromatic N) is 3. The minimum Gasteiger partial charge on any atom is -0.323 e. The summed E-state index contributed by atoms with van der Waals surface area (Å²) in [4.78, 5) is 20.4. The van der Waals surface area contributed by atoms with E-state index in [1.165, 1.54) is 17.3 Å². The zero-order valence-corrected chi connectivity index (χ0v) is 14.5. The molecule has 3 rings (SSSR count). The summed E-state index contributed by atoms with van der Waals surface area (Å²) >= 11 is 7.30. The third kappa shape index (κ3) is 3.96. The van der Waals surface area contributed by atoms with Crippen LogP contribution in [0.15, 0.2) is 60.1 Å². The van der Waals surface area contributed by atoms with Gasteiger partial charge in [0.1, 0.15) is 0 Å². The van der Waals surface area contributed by atoms with Crippen LogP contribution in [0.1, 0.15) is 5.56 Å². The summed E-state index contributed by atoms with van der Waals surface area (Å²) in [5.74, 6) is 0.0716. The summed E-state index contributed by atoms with van der Waals surface area (Å²) in [6.07, 6.45) is 5.18. The number of rotatable bonds is 5. The highest BCUT2D eigenvalue weighted by molar-refractivity contribution is 7.99. The number of pyridine rings is 1. The minimum absolute atomic E-state index is 0.159. The number of benzene rings is 1. The van der Waals surface area contributed by atoms with Crippen LogP contribution in [0.3, 0.4) is 0 Å². The van der Waals surface area contributed by atoms with Crippen molar-refractivity contribution in [3.8, 4) is 5.69 Å². The Morgan fingerprint density at radius 3 is 2.92 bits per heavy atom. The average Bonchev–Trinajstić information content (AvgIpc) is 3.04. The van der Waals surface area contributed by atoms with E-state index in [4.69, 9.17) is 11.6 Å². The van der Waals surface area contributed by atoms with E-state index >= 15 is 0 Å². The molecule has 1 N–H and O–H groups in total. The number of anilines is 1. The van der Waals surface area contributed by atoms with Crippen LogP contribution >= 0.6 is 23.4 Å². The van der Waals surface area contributed by atoms with Gasteiger partial charge in [-0.25, -0.2) is 9.97 Å². The first kappa shape index (κ1) is 16.5. The van der Waals surface area contributed by atoms with E-state index in [0.29, 0.717) is 5.69 Å². The molecule has 0 radical (unpaired) electrons. The van der Waals surface area contributed by atoms with Gasteiger partial charge in [0.25, 0.3) is 0 Å². The highest BCUT2D eigenvalue weighted by Crippen LogP contribution is 2.22. The maximum Gasteiger partial charge on any atom is 0.234 e. The molecule has 0 saturated heterocycles.